The van der Waals surface area contributed by atoms with Crippen LogP contribution in [0.4, 0.5) is 13.2 Å². The summed E-state index contributed by atoms with van der Waals surface area (Å²) in [6, 6.07) is 5.27. The Morgan fingerprint density at radius 1 is 1.36 bits per heavy atom. The van der Waals surface area contributed by atoms with Crippen LogP contribution < -0.4 is 5.32 Å². The fourth-order valence-electron chi connectivity index (χ4n) is 3.21. The maximum Gasteiger partial charge on any atom is 0.416 e. The van der Waals surface area contributed by atoms with Crippen LogP contribution in [0.5, 0.6) is 0 Å². The van der Waals surface area contributed by atoms with Gasteiger partial charge < -0.3 is 19.5 Å². The molecule has 152 valence electrons. The summed E-state index contributed by atoms with van der Waals surface area (Å²) < 4.78 is 49.9. The SMILES string of the molecule is CN=C(NCc1c(C)noc1C)N1CCOC(c2cccc(C(F)(F)F)c2)C1. The molecule has 0 saturated carbocycles. The van der Waals surface area contributed by atoms with Gasteiger partial charge in [-0.2, -0.15) is 13.2 Å². The third-order valence-electron chi connectivity index (χ3n) is 4.77. The summed E-state index contributed by atoms with van der Waals surface area (Å²) in [5.41, 5.74) is 1.60. The number of benzene rings is 1. The monoisotopic (exact) mass is 396 g/mol. The number of ether oxygens (including phenoxy) is 1. The predicted molar refractivity (Wildman–Crippen MR) is 97.9 cm³/mol. The van der Waals surface area contributed by atoms with Crippen LogP contribution in [0.3, 0.4) is 0 Å². The largest absolute Gasteiger partial charge is 0.416 e. The molecule has 2 heterocycles. The molecule has 0 bridgehead atoms. The first kappa shape index (κ1) is 20.2. The van der Waals surface area contributed by atoms with Crippen LogP contribution in [0.2, 0.25) is 0 Å². The minimum atomic E-state index is -4.38. The summed E-state index contributed by atoms with van der Waals surface area (Å²) in [6.45, 7) is 5.61. The van der Waals surface area contributed by atoms with Gasteiger partial charge >= 0.3 is 6.18 Å². The van der Waals surface area contributed by atoms with Crippen molar-refractivity contribution in [3.8, 4) is 0 Å². The van der Waals surface area contributed by atoms with Crippen LogP contribution in [0.25, 0.3) is 0 Å². The average Bonchev–Trinajstić information content (AvgIpc) is 3.00. The molecule has 0 aliphatic carbocycles. The van der Waals surface area contributed by atoms with Crippen molar-refractivity contribution in [2.45, 2.75) is 32.7 Å². The number of hydrogen-bond donors (Lipinski definition) is 1. The lowest BCUT2D eigenvalue weighted by atomic mass is 10.0. The second-order valence-corrected chi connectivity index (χ2v) is 6.63. The van der Waals surface area contributed by atoms with E-state index in [1.54, 1.807) is 13.1 Å². The van der Waals surface area contributed by atoms with Crippen molar-refractivity contribution in [1.82, 2.24) is 15.4 Å². The van der Waals surface area contributed by atoms with Gasteiger partial charge in [0, 0.05) is 25.7 Å². The molecule has 1 saturated heterocycles. The molecule has 1 aliphatic heterocycles. The molecular weight excluding hydrogens is 373 g/mol. The van der Waals surface area contributed by atoms with Gasteiger partial charge in [0.05, 0.1) is 24.4 Å². The highest BCUT2D eigenvalue weighted by Crippen LogP contribution is 2.32. The standard InChI is InChI=1S/C19H23F3N4O2/c1-12-16(13(2)28-25-12)10-24-18(23-3)26-7-8-27-17(11-26)14-5-4-6-15(9-14)19(20,21)22/h4-6,9,17H,7-8,10-11H2,1-3H3,(H,23,24). The van der Waals surface area contributed by atoms with Crippen molar-refractivity contribution in [3.63, 3.8) is 0 Å². The Bertz CT molecular complexity index is 828. The molecule has 1 N–H and O–H groups in total. The van der Waals surface area contributed by atoms with E-state index in [1.807, 2.05) is 18.7 Å². The van der Waals surface area contributed by atoms with Gasteiger partial charge in [-0.3, -0.25) is 4.99 Å². The summed E-state index contributed by atoms with van der Waals surface area (Å²) in [5, 5.41) is 7.20. The zero-order chi connectivity index (χ0) is 20.3. The smallest absolute Gasteiger partial charge is 0.370 e. The van der Waals surface area contributed by atoms with Gasteiger partial charge in [0.1, 0.15) is 11.9 Å². The lowest BCUT2D eigenvalue weighted by molar-refractivity contribution is -0.137. The summed E-state index contributed by atoms with van der Waals surface area (Å²) in [5.74, 6) is 1.39. The topological polar surface area (TPSA) is 62.9 Å². The molecule has 1 fully saturated rings. The highest BCUT2D eigenvalue weighted by molar-refractivity contribution is 5.80. The first-order valence-electron chi connectivity index (χ1n) is 8.95. The number of hydrogen-bond acceptors (Lipinski definition) is 4. The third kappa shape index (κ3) is 4.46. The summed E-state index contributed by atoms with van der Waals surface area (Å²) in [4.78, 5) is 6.28. The molecule has 1 aromatic carbocycles. The Morgan fingerprint density at radius 3 is 2.79 bits per heavy atom. The Kier molecular flexibility index (Phi) is 5.93. The number of aliphatic imine (C=N–C) groups is 1. The molecule has 0 amide bonds. The van der Waals surface area contributed by atoms with Gasteiger partial charge in [-0.15, -0.1) is 0 Å². The fraction of sp³-hybridized carbons (Fsp3) is 0.474. The normalized spacial score (nSPS) is 18.4. The van der Waals surface area contributed by atoms with Crippen molar-refractivity contribution < 1.29 is 22.4 Å². The summed E-state index contributed by atoms with van der Waals surface area (Å²) >= 11 is 0. The molecule has 9 heteroatoms. The fourth-order valence-corrected chi connectivity index (χ4v) is 3.21. The number of aromatic nitrogens is 1. The zero-order valence-corrected chi connectivity index (χ0v) is 16.0. The van der Waals surface area contributed by atoms with Gasteiger partial charge in [0.25, 0.3) is 0 Å². The first-order chi connectivity index (χ1) is 13.3. The minimum Gasteiger partial charge on any atom is -0.370 e. The van der Waals surface area contributed by atoms with E-state index in [0.29, 0.717) is 37.8 Å². The van der Waals surface area contributed by atoms with Crippen molar-refractivity contribution in [2.75, 3.05) is 26.7 Å². The number of alkyl halides is 3. The summed E-state index contributed by atoms with van der Waals surface area (Å²) in [7, 11) is 1.67. The number of aryl methyl sites for hydroxylation is 2. The Labute approximate surface area is 161 Å². The molecule has 2 aromatic rings. The van der Waals surface area contributed by atoms with E-state index >= 15 is 0 Å². The lowest BCUT2D eigenvalue weighted by Gasteiger charge is -2.35. The Balaban J connectivity index is 1.70. The first-order valence-corrected chi connectivity index (χ1v) is 8.95. The second kappa shape index (κ2) is 8.22. The maximum atomic E-state index is 13.0. The zero-order valence-electron chi connectivity index (χ0n) is 16.0. The quantitative estimate of drug-likeness (QED) is 0.636. The number of morpholine rings is 1. The number of nitrogens with zero attached hydrogens (tertiary/aromatic N) is 3. The highest BCUT2D eigenvalue weighted by Gasteiger charge is 2.32. The molecular formula is C19H23F3N4O2. The number of rotatable bonds is 3. The number of nitrogens with one attached hydrogen (secondary N) is 1. The number of halogens is 3. The molecule has 1 unspecified atom stereocenters. The van der Waals surface area contributed by atoms with Crippen LogP contribution in [-0.4, -0.2) is 42.8 Å². The van der Waals surface area contributed by atoms with Crippen LogP contribution in [0.15, 0.2) is 33.8 Å². The van der Waals surface area contributed by atoms with Crippen molar-refractivity contribution in [2.24, 2.45) is 4.99 Å². The summed E-state index contributed by atoms with van der Waals surface area (Å²) in [6.07, 6.45) is -4.84. The lowest BCUT2D eigenvalue weighted by Crippen LogP contribution is -2.48. The Hall–Kier alpha value is -2.55. The molecule has 1 aliphatic rings. The average molecular weight is 396 g/mol. The van der Waals surface area contributed by atoms with E-state index in [1.165, 1.54) is 6.07 Å². The van der Waals surface area contributed by atoms with Gasteiger partial charge in [0.2, 0.25) is 0 Å². The molecule has 0 radical (unpaired) electrons. The van der Waals surface area contributed by atoms with Crippen molar-refractivity contribution >= 4 is 5.96 Å². The van der Waals surface area contributed by atoms with Crippen LogP contribution in [0.1, 0.15) is 34.2 Å². The van der Waals surface area contributed by atoms with Crippen LogP contribution in [0, 0.1) is 13.8 Å². The van der Waals surface area contributed by atoms with Crippen LogP contribution >= 0.6 is 0 Å². The Morgan fingerprint density at radius 2 is 2.14 bits per heavy atom. The minimum absolute atomic E-state index is 0.396. The van der Waals surface area contributed by atoms with E-state index in [4.69, 9.17) is 9.26 Å². The van der Waals surface area contributed by atoms with Gasteiger partial charge in [-0.25, -0.2) is 0 Å². The molecule has 3 rings (SSSR count). The second-order valence-electron chi connectivity index (χ2n) is 6.63. The van der Waals surface area contributed by atoms with Gasteiger partial charge in [0.15, 0.2) is 5.96 Å². The van der Waals surface area contributed by atoms with E-state index in [9.17, 15) is 13.2 Å². The molecule has 1 aromatic heterocycles. The van der Waals surface area contributed by atoms with Crippen LogP contribution in [-0.2, 0) is 17.5 Å². The van der Waals surface area contributed by atoms with Crippen molar-refractivity contribution in [3.05, 3.63) is 52.4 Å². The predicted octanol–water partition coefficient (Wildman–Crippen LogP) is 3.46. The molecule has 0 spiro atoms. The maximum absolute atomic E-state index is 13.0. The van der Waals surface area contributed by atoms with Gasteiger partial charge in [-0.1, -0.05) is 17.3 Å². The highest BCUT2D eigenvalue weighted by atomic mass is 19.4. The van der Waals surface area contributed by atoms with Crippen molar-refractivity contribution in [1.29, 1.82) is 0 Å². The van der Waals surface area contributed by atoms with E-state index in [-0.39, 0.29) is 0 Å². The molecule has 28 heavy (non-hydrogen) atoms. The molecule has 1 atom stereocenters. The van der Waals surface area contributed by atoms with E-state index < -0.39 is 17.8 Å². The number of guanidine groups is 1. The van der Waals surface area contributed by atoms with E-state index in [2.05, 4.69) is 15.5 Å². The van der Waals surface area contributed by atoms with Gasteiger partial charge in [-0.05, 0) is 31.5 Å². The third-order valence-corrected chi connectivity index (χ3v) is 4.77. The van der Waals surface area contributed by atoms with E-state index in [0.717, 1.165) is 29.2 Å². The molecule has 6 nitrogen and oxygen atoms in total.